The van der Waals surface area contributed by atoms with Gasteiger partial charge in [0.25, 0.3) is 0 Å². The number of allylic oxidation sites excluding steroid dienone is 1. The zero-order valence-corrected chi connectivity index (χ0v) is 17.0. The van der Waals surface area contributed by atoms with Crippen LogP contribution in [0.4, 0.5) is 0 Å². The lowest BCUT2D eigenvalue weighted by molar-refractivity contribution is 0.422. The van der Waals surface area contributed by atoms with Crippen LogP contribution in [0.3, 0.4) is 0 Å². The summed E-state index contributed by atoms with van der Waals surface area (Å²) in [4.78, 5) is 0.116. The Balaban J connectivity index is 3.47. The largest absolute Gasteiger partial charge is 0.488 e. The number of ether oxygens (including phenoxy) is 1. The van der Waals surface area contributed by atoms with Gasteiger partial charge in [0, 0.05) is 0 Å². The minimum absolute atomic E-state index is 0.116. The number of rotatable bonds is 2. The molecule has 0 aromatic heterocycles. The Labute approximate surface area is 122 Å². The van der Waals surface area contributed by atoms with Crippen LogP contribution < -0.4 is 0 Å². The van der Waals surface area contributed by atoms with E-state index in [1.807, 2.05) is 0 Å². The van der Waals surface area contributed by atoms with Crippen molar-refractivity contribution in [3.05, 3.63) is 11.8 Å². The van der Waals surface area contributed by atoms with Crippen molar-refractivity contribution in [3.8, 4) is 0 Å². The number of epoxide rings is 1. The van der Waals surface area contributed by atoms with Crippen molar-refractivity contribution < 1.29 is 4.74 Å². The molecule has 112 valence electrons. The molecular weight excluding hydrogens is 264 g/mol. The van der Waals surface area contributed by atoms with E-state index in [0.29, 0.717) is 10.1 Å². The van der Waals surface area contributed by atoms with E-state index in [2.05, 4.69) is 80.7 Å². The maximum absolute atomic E-state index is 6.42. The molecule has 0 amide bonds. The molecule has 0 radical (unpaired) electrons. The fourth-order valence-corrected chi connectivity index (χ4v) is 16.0. The molecule has 0 N–H and O–H groups in total. The van der Waals surface area contributed by atoms with Crippen LogP contribution >= 0.6 is 0 Å². The van der Waals surface area contributed by atoms with Crippen LogP contribution in [0, 0.1) is 0 Å². The van der Waals surface area contributed by atoms with Crippen LogP contribution in [0.25, 0.3) is 0 Å². The molecule has 1 aliphatic heterocycles. The monoisotopic (exact) mass is 298 g/mol. The van der Waals surface area contributed by atoms with Crippen LogP contribution in [-0.2, 0) is 4.74 Å². The van der Waals surface area contributed by atoms with E-state index in [1.54, 1.807) is 0 Å². The first-order valence-electron chi connectivity index (χ1n) is 7.52. The van der Waals surface area contributed by atoms with Gasteiger partial charge in [-0.3, -0.25) is 0 Å². The van der Waals surface area contributed by atoms with E-state index in [4.69, 9.17) is 4.74 Å². The summed E-state index contributed by atoms with van der Waals surface area (Å²) < 4.78 is 6.42. The summed E-state index contributed by atoms with van der Waals surface area (Å²) in [6, 6.07) is 0. The fourth-order valence-electron chi connectivity index (χ4n) is 3.11. The summed E-state index contributed by atoms with van der Waals surface area (Å²) in [6.45, 7) is 26.7. The molecule has 0 saturated carbocycles. The zero-order chi connectivity index (χ0) is 15.5. The maximum Gasteiger partial charge on any atom is 0.139 e. The molecule has 1 fully saturated rings. The van der Waals surface area contributed by atoms with Gasteiger partial charge in [0.15, 0.2) is 0 Å². The molecule has 1 saturated heterocycles. The lowest BCUT2D eigenvalue weighted by Gasteiger charge is -2.51. The highest BCUT2D eigenvalue weighted by atomic mass is 28.4. The van der Waals surface area contributed by atoms with Gasteiger partial charge in [-0.05, 0) is 23.1 Å². The topological polar surface area (TPSA) is 12.5 Å². The van der Waals surface area contributed by atoms with E-state index in [9.17, 15) is 0 Å². The van der Waals surface area contributed by atoms with Gasteiger partial charge in [0.1, 0.15) is 26.8 Å². The molecule has 0 aliphatic carbocycles. The molecule has 1 heterocycles. The minimum Gasteiger partial charge on any atom is -0.488 e. The number of hydrogen-bond acceptors (Lipinski definition) is 1. The van der Waals surface area contributed by atoms with Gasteiger partial charge in [-0.1, -0.05) is 67.7 Å². The molecule has 0 atom stereocenters. The Morgan fingerprint density at radius 2 is 1.16 bits per heavy atom. The summed E-state index contributed by atoms with van der Waals surface area (Å²) in [5, 5.41) is 0.709. The standard InChI is InChI=1S/C16H34OSi2/c1-12-13-16(17-13,18(8,9)14(2,3)4)19(10,11)15(5,6)7/h12H,1-11H3/b13-12-. The van der Waals surface area contributed by atoms with Crippen molar-refractivity contribution in [1.82, 2.24) is 0 Å². The molecule has 0 aromatic rings. The second-order valence-corrected chi connectivity index (χ2v) is 20.6. The summed E-state index contributed by atoms with van der Waals surface area (Å²) >= 11 is 0. The van der Waals surface area contributed by atoms with Crippen molar-refractivity contribution in [2.45, 2.75) is 89.6 Å². The van der Waals surface area contributed by atoms with Gasteiger partial charge in [-0.15, -0.1) is 0 Å². The van der Waals surface area contributed by atoms with Crippen LogP contribution in [-0.4, -0.2) is 21.0 Å². The lowest BCUT2D eigenvalue weighted by atomic mass is 10.2. The van der Waals surface area contributed by atoms with E-state index >= 15 is 0 Å². The highest BCUT2D eigenvalue weighted by Gasteiger charge is 2.76. The molecule has 0 aromatic carbocycles. The van der Waals surface area contributed by atoms with Gasteiger partial charge < -0.3 is 4.74 Å². The van der Waals surface area contributed by atoms with Gasteiger partial charge in [0.2, 0.25) is 0 Å². The predicted octanol–water partition coefficient (Wildman–Crippen LogP) is 5.75. The molecule has 1 rings (SSSR count). The van der Waals surface area contributed by atoms with Crippen molar-refractivity contribution in [2.75, 3.05) is 0 Å². The average Bonchev–Trinajstić information content (AvgIpc) is 2.89. The molecule has 0 spiro atoms. The second kappa shape index (κ2) is 4.23. The van der Waals surface area contributed by atoms with Gasteiger partial charge in [0.05, 0.1) is 0 Å². The summed E-state index contributed by atoms with van der Waals surface area (Å²) in [6.07, 6.45) is 2.22. The maximum atomic E-state index is 6.42. The van der Waals surface area contributed by atoms with E-state index in [1.165, 1.54) is 5.76 Å². The summed E-state index contributed by atoms with van der Waals surface area (Å²) in [5.74, 6) is 1.30. The number of hydrogen-bond donors (Lipinski definition) is 0. The Morgan fingerprint density at radius 1 is 0.842 bits per heavy atom. The highest BCUT2D eigenvalue weighted by molar-refractivity contribution is 7.03. The molecule has 1 nitrogen and oxygen atoms in total. The highest BCUT2D eigenvalue weighted by Crippen LogP contribution is 2.64. The van der Waals surface area contributed by atoms with Crippen molar-refractivity contribution in [1.29, 1.82) is 0 Å². The molecule has 1 aliphatic rings. The van der Waals surface area contributed by atoms with E-state index in [0.717, 1.165) is 0 Å². The van der Waals surface area contributed by atoms with Crippen molar-refractivity contribution >= 4 is 16.1 Å². The van der Waals surface area contributed by atoms with Crippen LogP contribution in [0.1, 0.15) is 48.5 Å². The smallest absolute Gasteiger partial charge is 0.139 e. The Hall–Kier alpha value is -0.0262. The Bertz CT molecular complexity index is 366. The molecular formula is C16H34OSi2. The third-order valence-corrected chi connectivity index (χ3v) is 21.8. The van der Waals surface area contributed by atoms with E-state index < -0.39 is 16.1 Å². The Kier molecular flexibility index (Phi) is 3.79. The Morgan fingerprint density at radius 3 is 1.32 bits per heavy atom. The quantitative estimate of drug-likeness (QED) is 0.467. The van der Waals surface area contributed by atoms with Gasteiger partial charge >= 0.3 is 0 Å². The first-order chi connectivity index (χ1) is 8.17. The van der Waals surface area contributed by atoms with Crippen LogP contribution in [0.5, 0.6) is 0 Å². The fraction of sp³-hybridized carbons (Fsp3) is 0.875. The summed E-state index contributed by atoms with van der Waals surface area (Å²) in [5.41, 5.74) is 0. The van der Waals surface area contributed by atoms with Gasteiger partial charge in [-0.25, -0.2) is 0 Å². The zero-order valence-electron chi connectivity index (χ0n) is 15.0. The van der Waals surface area contributed by atoms with Crippen LogP contribution in [0.15, 0.2) is 11.8 Å². The molecule has 3 heteroatoms. The normalized spacial score (nSPS) is 22.4. The third kappa shape index (κ3) is 2.08. The van der Waals surface area contributed by atoms with Gasteiger partial charge in [-0.2, -0.15) is 0 Å². The van der Waals surface area contributed by atoms with E-state index in [-0.39, 0.29) is 4.85 Å². The predicted molar refractivity (Wildman–Crippen MR) is 92.0 cm³/mol. The summed E-state index contributed by atoms with van der Waals surface area (Å²) in [7, 11) is -3.16. The van der Waals surface area contributed by atoms with Crippen molar-refractivity contribution in [3.63, 3.8) is 0 Å². The van der Waals surface area contributed by atoms with Crippen LogP contribution in [0.2, 0.25) is 36.3 Å². The lowest BCUT2D eigenvalue weighted by Crippen LogP contribution is -2.67. The molecule has 0 unspecified atom stereocenters. The van der Waals surface area contributed by atoms with Crippen molar-refractivity contribution in [2.24, 2.45) is 0 Å². The minimum atomic E-state index is -1.58. The molecule has 0 bridgehead atoms. The first kappa shape index (κ1) is 17.0. The SMILES string of the molecule is C/C=C1\OC1([Si](C)(C)C(C)(C)C)[Si](C)(C)C(C)(C)C. The molecule has 19 heavy (non-hydrogen) atoms. The second-order valence-electron chi connectivity index (χ2n) is 9.19. The first-order valence-corrected chi connectivity index (χ1v) is 13.5. The average molecular weight is 299 g/mol. The third-order valence-electron chi connectivity index (χ3n) is 6.34.